The van der Waals surface area contributed by atoms with Crippen LogP contribution in [-0.4, -0.2) is 46.9 Å². The second kappa shape index (κ2) is 11.2. The lowest BCUT2D eigenvalue weighted by atomic mass is 9.83. The first-order valence-electron chi connectivity index (χ1n) is 13.0. The van der Waals surface area contributed by atoms with Crippen LogP contribution in [0.1, 0.15) is 16.4 Å². The summed E-state index contributed by atoms with van der Waals surface area (Å²) >= 11 is 1.99. The first kappa shape index (κ1) is 28.5. The Bertz CT molecular complexity index is 1800. The van der Waals surface area contributed by atoms with Crippen LogP contribution in [0.25, 0.3) is 0 Å². The molecule has 43 heavy (non-hydrogen) atoms. The molecular formula is C30H24FN3O7S2. The number of hydrogen-bond donors (Lipinski definition) is 2. The predicted octanol–water partition coefficient (Wildman–Crippen LogP) is 4.21. The first-order chi connectivity index (χ1) is 20.7. The zero-order valence-corrected chi connectivity index (χ0v) is 24.4. The van der Waals surface area contributed by atoms with Gasteiger partial charge in [0, 0.05) is 16.5 Å². The van der Waals surface area contributed by atoms with Gasteiger partial charge in [0.1, 0.15) is 23.4 Å². The Hall–Kier alpha value is -4.62. The molecule has 0 unspecified atom stereocenters. The number of hydrogen-bond acceptors (Lipinski definition) is 9. The number of nitrogens with one attached hydrogen (secondary N) is 1. The summed E-state index contributed by atoms with van der Waals surface area (Å²) in [5.41, 5.74) is 1.30. The van der Waals surface area contributed by atoms with Crippen LogP contribution in [0.3, 0.4) is 0 Å². The van der Waals surface area contributed by atoms with Crippen molar-refractivity contribution in [1.29, 1.82) is 0 Å². The summed E-state index contributed by atoms with van der Waals surface area (Å²) in [6.07, 6.45) is 0. The Balaban J connectivity index is 1.43. The van der Waals surface area contributed by atoms with Crippen molar-refractivity contribution >= 4 is 52.2 Å². The number of phenols is 1. The zero-order chi connectivity index (χ0) is 30.4. The number of aromatic nitrogens is 1. The molecule has 6 rings (SSSR count). The van der Waals surface area contributed by atoms with Crippen molar-refractivity contribution in [2.75, 3.05) is 24.4 Å². The molecule has 2 aliphatic rings. The van der Waals surface area contributed by atoms with Crippen LogP contribution in [0, 0.1) is 11.7 Å². The molecule has 0 saturated carbocycles. The van der Waals surface area contributed by atoms with E-state index in [1.807, 2.05) is 0 Å². The molecule has 0 aliphatic carbocycles. The molecule has 13 heteroatoms. The highest BCUT2D eigenvalue weighted by atomic mass is 32.2. The molecule has 4 aromatic rings. The maximum absolute atomic E-state index is 14.0. The van der Waals surface area contributed by atoms with Gasteiger partial charge in [-0.05, 0) is 66.2 Å². The minimum Gasteiger partial charge on any atom is -0.508 e. The van der Waals surface area contributed by atoms with Gasteiger partial charge in [-0.25, -0.2) is 9.29 Å². The van der Waals surface area contributed by atoms with Gasteiger partial charge in [-0.3, -0.25) is 23.7 Å². The summed E-state index contributed by atoms with van der Waals surface area (Å²) in [5.74, 6) is -2.66. The summed E-state index contributed by atoms with van der Waals surface area (Å²) in [4.78, 5) is 55.3. The molecule has 1 saturated heterocycles. The molecule has 2 N–H and O–H groups in total. The normalized spacial score (nSPS) is 19.1. The molecule has 3 heterocycles. The van der Waals surface area contributed by atoms with Crippen LogP contribution in [-0.2, 0) is 20.9 Å². The van der Waals surface area contributed by atoms with Gasteiger partial charge in [-0.2, -0.15) is 0 Å². The van der Waals surface area contributed by atoms with Gasteiger partial charge in [0.15, 0.2) is 11.5 Å². The largest absolute Gasteiger partial charge is 0.508 e. The fourth-order valence-corrected chi connectivity index (χ4v) is 8.17. The van der Waals surface area contributed by atoms with Crippen LogP contribution in [0.5, 0.6) is 17.2 Å². The van der Waals surface area contributed by atoms with E-state index in [0.29, 0.717) is 32.7 Å². The lowest BCUT2D eigenvalue weighted by Crippen LogP contribution is -2.33. The van der Waals surface area contributed by atoms with Crippen LogP contribution in [0.15, 0.2) is 76.6 Å². The SMILES string of the molecule is COc1ccc([C@@H]2c3sc(=O)n(CC(=O)Nc4ccc(O)cc4)c3S[C@H]3C(=O)N(c4ccc(F)cc4)C(=O)[C@@H]23)cc1OC. The number of aromatic hydroxyl groups is 1. The second-order valence-electron chi connectivity index (χ2n) is 9.86. The molecule has 0 radical (unpaired) electrons. The van der Waals surface area contributed by atoms with E-state index < -0.39 is 45.5 Å². The Morgan fingerprint density at radius 2 is 1.65 bits per heavy atom. The highest BCUT2D eigenvalue weighted by Gasteiger charge is 2.57. The fourth-order valence-electron chi connectivity index (χ4n) is 5.39. The molecule has 220 valence electrons. The van der Waals surface area contributed by atoms with E-state index in [-0.39, 0.29) is 18.0 Å². The number of carbonyl (C=O) groups is 3. The number of fused-ring (bicyclic) bond motifs is 2. The number of anilines is 2. The highest BCUT2D eigenvalue weighted by molar-refractivity contribution is 8.00. The Morgan fingerprint density at radius 1 is 0.953 bits per heavy atom. The molecule has 2 aliphatic heterocycles. The highest BCUT2D eigenvalue weighted by Crippen LogP contribution is 2.54. The standard InChI is InChI=1S/C30H24FN3O7S2/c1-40-20-12-3-15(13-21(20)41-2)23-24-25(28(38)34(27(24)37)18-8-4-16(31)5-9-18)42-29-26(23)43-30(39)33(29)14-22(36)32-17-6-10-19(35)11-7-17/h3-13,23-25,35H,14H2,1-2H3,(H,32,36)/t23-,24-,25+/m0/s1. The molecule has 1 fully saturated rings. The van der Waals surface area contributed by atoms with Crippen LogP contribution in [0.2, 0.25) is 0 Å². The van der Waals surface area contributed by atoms with Crippen molar-refractivity contribution in [2.45, 2.75) is 22.7 Å². The maximum Gasteiger partial charge on any atom is 0.308 e. The molecule has 3 amide bonds. The number of benzene rings is 3. The van der Waals surface area contributed by atoms with Gasteiger partial charge in [0.25, 0.3) is 0 Å². The number of phenolic OH excluding ortho intramolecular Hbond substituents is 1. The Kier molecular flexibility index (Phi) is 7.44. The van der Waals surface area contributed by atoms with Crippen molar-refractivity contribution in [2.24, 2.45) is 5.92 Å². The van der Waals surface area contributed by atoms with Gasteiger partial charge < -0.3 is 19.9 Å². The van der Waals surface area contributed by atoms with E-state index in [1.54, 1.807) is 18.2 Å². The molecule has 0 bridgehead atoms. The topological polar surface area (TPSA) is 127 Å². The number of rotatable bonds is 7. The third-order valence-corrected chi connectivity index (χ3v) is 9.96. The minimum absolute atomic E-state index is 0.0405. The van der Waals surface area contributed by atoms with E-state index in [1.165, 1.54) is 67.3 Å². The monoisotopic (exact) mass is 621 g/mol. The van der Waals surface area contributed by atoms with E-state index in [2.05, 4.69) is 5.32 Å². The summed E-state index contributed by atoms with van der Waals surface area (Å²) in [6.45, 7) is -0.335. The lowest BCUT2D eigenvalue weighted by molar-refractivity contribution is -0.122. The summed E-state index contributed by atoms with van der Waals surface area (Å²) in [6, 6.07) is 16.2. The van der Waals surface area contributed by atoms with E-state index in [9.17, 15) is 28.7 Å². The van der Waals surface area contributed by atoms with Crippen molar-refractivity contribution < 1.29 is 33.4 Å². The second-order valence-corrected chi connectivity index (χ2v) is 12.0. The number of amides is 3. The van der Waals surface area contributed by atoms with Crippen LogP contribution in [0.4, 0.5) is 15.8 Å². The smallest absolute Gasteiger partial charge is 0.308 e. The number of carbonyl (C=O) groups excluding carboxylic acids is 3. The van der Waals surface area contributed by atoms with Gasteiger partial charge in [0.2, 0.25) is 17.7 Å². The van der Waals surface area contributed by atoms with E-state index in [0.717, 1.165) is 28.0 Å². The minimum atomic E-state index is -0.913. The number of nitrogens with zero attached hydrogens (tertiary/aromatic N) is 2. The number of thiazole rings is 1. The number of thioether (sulfide) groups is 1. The average Bonchev–Trinajstić information content (AvgIpc) is 3.44. The van der Waals surface area contributed by atoms with Gasteiger partial charge in [-0.15, -0.1) is 0 Å². The van der Waals surface area contributed by atoms with Crippen molar-refractivity contribution in [3.05, 3.63) is 92.7 Å². The third-order valence-electron chi connectivity index (χ3n) is 7.35. The molecule has 10 nitrogen and oxygen atoms in total. The fraction of sp³-hybridized carbons (Fsp3) is 0.200. The summed E-state index contributed by atoms with van der Waals surface area (Å²) in [5, 5.41) is 11.7. The molecule has 1 aromatic heterocycles. The molecular weight excluding hydrogens is 597 g/mol. The number of imide groups is 1. The average molecular weight is 622 g/mol. The number of methoxy groups -OCH3 is 2. The van der Waals surface area contributed by atoms with Gasteiger partial charge >= 0.3 is 4.87 Å². The first-order valence-corrected chi connectivity index (χ1v) is 14.7. The summed E-state index contributed by atoms with van der Waals surface area (Å²) in [7, 11) is 2.98. The van der Waals surface area contributed by atoms with Crippen molar-refractivity contribution in [3.8, 4) is 17.2 Å². The Labute approximate surface area is 252 Å². The quantitative estimate of drug-likeness (QED) is 0.232. The van der Waals surface area contributed by atoms with Crippen LogP contribution < -0.4 is 24.6 Å². The van der Waals surface area contributed by atoms with Crippen molar-refractivity contribution in [1.82, 2.24) is 4.57 Å². The van der Waals surface area contributed by atoms with Gasteiger partial charge in [0.05, 0.1) is 30.9 Å². The predicted molar refractivity (Wildman–Crippen MR) is 159 cm³/mol. The third kappa shape index (κ3) is 5.04. The number of ether oxygens (including phenoxy) is 2. The van der Waals surface area contributed by atoms with E-state index >= 15 is 0 Å². The lowest BCUT2D eigenvalue weighted by Gasteiger charge is -2.31. The zero-order valence-electron chi connectivity index (χ0n) is 22.8. The van der Waals surface area contributed by atoms with E-state index in [4.69, 9.17) is 9.47 Å². The van der Waals surface area contributed by atoms with Crippen molar-refractivity contribution in [3.63, 3.8) is 0 Å². The molecule has 0 spiro atoms. The van der Waals surface area contributed by atoms with Crippen LogP contribution >= 0.6 is 23.1 Å². The maximum atomic E-state index is 14.0. The Morgan fingerprint density at radius 3 is 2.33 bits per heavy atom. The van der Waals surface area contributed by atoms with Gasteiger partial charge in [-0.1, -0.05) is 29.2 Å². The molecule has 3 atom stereocenters. The summed E-state index contributed by atoms with van der Waals surface area (Å²) < 4.78 is 25.9. The molecule has 3 aromatic carbocycles. The number of halogens is 1.